The highest BCUT2D eigenvalue weighted by Crippen LogP contribution is 2.52. The zero-order chi connectivity index (χ0) is 69.2. The van der Waals surface area contributed by atoms with Crippen LogP contribution in [0.25, 0.3) is 0 Å². The number of Topliss-reactive ketones (excluding diaryl/α,β-unsaturated/α-hetero) is 3. The molecule has 17 heteroatoms. The average molecular weight is 1290 g/mol. The van der Waals surface area contributed by atoms with Gasteiger partial charge in [-0.2, -0.15) is 0 Å². The van der Waals surface area contributed by atoms with Gasteiger partial charge in [-0.05, 0) is 149 Å². The summed E-state index contributed by atoms with van der Waals surface area (Å²) in [6.07, 6.45) is 6.09. The highest BCUT2D eigenvalue weighted by molar-refractivity contribution is 6.05. The Morgan fingerprint density at radius 3 is 1.24 bits per heavy atom. The molecule has 0 amide bonds. The number of benzene rings is 6. The molecular weight excluding hydrogens is 1200 g/mol. The van der Waals surface area contributed by atoms with Crippen LogP contribution in [0.4, 0.5) is 0 Å². The van der Waals surface area contributed by atoms with E-state index >= 15 is 0 Å². The Bertz CT molecular complexity index is 3910. The fraction of sp³-hybridized carbons (Fsp3) is 0.364. The third-order valence-corrected chi connectivity index (χ3v) is 17.3. The number of ether oxygens (including phenoxy) is 5. The van der Waals surface area contributed by atoms with E-state index in [0.29, 0.717) is 82.5 Å². The molecule has 3 aliphatic heterocycles. The number of ketones is 3. The predicted molar refractivity (Wildman–Crippen MR) is 362 cm³/mol. The van der Waals surface area contributed by atoms with Crippen LogP contribution in [0, 0.1) is 17.8 Å². The van der Waals surface area contributed by atoms with Crippen molar-refractivity contribution in [2.24, 2.45) is 17.8 Å². The Balaban J connectivity index is 0.000000200. The largest absolute Gasteiger partial charge is 0.508 e. The van der Waals surface area contributed by atoms with E-state index in [4.69, 9.17) is 23.7 Å². The van der Waals surface area contributed by atoms with Gasteiger partial charge < -0.3 is 69.6 Å². The maximum Gasteiger partial charge on any atom is 0.174 e. The molecule has 3 aliphatic rings. The van der Waals surface area contributed by atoms with Crippen molar-refractivity contribution in [3.63, 3.8) is 0 Å². The standard InChI is InChI=1S/C27H32O6.C25H30O6.C25H28O5/c1-15(2)7-8-17(16(3)4)11-20-21(29)13-25(32-6)26-22(30)14-24(33-27(20)26)19-10-9-18(28)12-23(19)31-5;1-14(2)15(9-10-25(3,4)30)11-17-19(27)12-20(28)23-21(29)13-22(31-24(17)23)16-7-5-6-8-18(16)26;1-14(2)9-10-16(15(3)4)11-18-20(27)12-21(28)24-22(29)13-23(30-25(18)24)17-7-5-6-8-19(17)26/h7,9-10,12-13,17,24,28-29H,3,8,11,14H2,1-2,4-6H3;5-8,12,15,22,26-28,30H,1,9-11,13H2,2-4H3;5-9,12,16,23,26-28H,3,10-11,13H2,1-2,4H3. The maximum absolute atomic E-state index is 13.3. The van der Waals surface area contributed by atoms with Crippen molar-refractivity contribution >= 4 is 17.3 Å². The zero-order valence-corrected chi connectivity index (χ0v) is 55.7. The summed E-state index contributed by atoms with van der Waals surface area (Å²) in [5, 5.41) is 93.1. The van der Waals surface area contributed by atoms with Crippen molar-refractivity contribution in [2.45, 2.75) is 150 Å². The molecule has 6 aromatic rings. The molecule has 9 rings (SSSR count). The van der Waals surface area contributed by atoms with E-state index < -0.39 is 23.9 Å². The Morgan fingerprint density at radius 1 is 0.489 bits per heavy atom. The molecule has 0 radical (unpaired) electrons. The van der Waals surface area contributed by atoms with Crippen LogP contribution in [0.2, 0.25) is 0 Å². The first-order valence-electron chi connectivity index (χ1n) is 31.4. The van der Waals surface area contributed by atoms with Crippen molar-refractivity contribution in [1.82, 2.24) is 0 Å². The Morgan fingerprint density at radius 2 is 0.862 bits per heavy atom. The summed E-state index contributed by atoms with van der Waals surface area (Å²) in [6.45, 7) is 29.6. The fourth-order valence-corrected chi connectivity index (χ4v) is 11.8. The molecule has 0 bridgehead atoms. The normalized spacial score (nSPS) is 16.4. The Hall–Kier alpha value is -9.61. The second-order valence-corrected chi connectivity index (χ2v) is 25.8. The predicted octanol–water partition coefficient (Wildman–Crippen LogP) is 16.3. The first kappa shape index (κ1) is 71.8. The summed E-state index contributed by atoms with van der Waals surface area (Å²) in [6, 6.07) is 21.9. The number of hydrogen-bond donors (Lipinski definition) is 9. The summed E-state index contributed by atoms with van der Waals surface area (Å²) in [4.78, 5) is 39.0. The van der Waals surface area contributed by atoms with Crippen LogP contribution in [0.1, 0.15) is 190 Å². The second-order valence-electron chi connectivity index (χ2n) is 25.8. The molecule has 94 heavy (non-hydrogen) atoms. The van der Waals surface area contributed by atoms with E-state index in [2.05, 4.69) is 31.9 Å². The number of hydrogen-bond acceptors (Lipinski definition) is 17. The third-order valence-electron chi connectivity index (χ3n) is 17.3. The molecule has 0 fully saturated rings. The number of aliphatic hydroxyl groups is 1. The van der Waals surface area contributed by atoms with Crippen molar-refractivity contribution in [2.75, 3.05) is 14.2 Å². The van der Waals surface area contributed by atoms with E-state index in [1.807, 2.05) is 48.5 Å². The quantitative estimate of drug-likeness (QED) is 0.0303. The van der Waals surface area contributed by atoms with Gasteiger partial charge >= 0.3 is 0 Å². The van der Waals surface area contributed by atoms with Crippen molar-refractivity contribution in [1.29, 1.82) is 0 Å². The van der Waals surface area contributed by atoms with Gasteiger partial charge in [-0.15, -0.1) is 0 Å². The number of phenols is 8. The summed E-state index contributed by atoms with van der Waals surface area (Å²) < 4.78 is 29.4. The van der Waals surface area contributed by atoms with E-state index in [1.165, 1.54) is 67.8 Å². The first-order valence-corrected chi connectivity index (χ1v) is 31.4. The van der Waals surface area contributed by atoms with E-state index in [-0.39, 0.29) is 129 Å². The number of para-hydroxylation sites is 2. The summed E-state index contributed by atoms with van der Waals surface area (Å²) >= 11 is 0. The smallest absolute Gasteiger partial charge is 0.174 e. The lowest BCUT2D eigenvalue weighted by Gasteiger charge is -2.30. The van der Waals surface area contributed by atoms with Crippen molar-refractivity contribution in [3.8, 4) is 74.7 Å². The van der Waals surface area contributed by atoms with Crippen LogP contribution >= 0.6 is 0 Å². The molecular formula is C77H90O17. The molecule has 6 unspecified atom stereocenters. The van der Waals surface area contributed by atoms with Gasteiger partial charge in [0.2, 0.25) is 0 Å². The second kappa shape index (κ2) is 30.9. The summed E-state index contributed by atoms with van der Waals surface area (Å²) in [5.74, 6) is -0.207. The average Bonchev–Trinajstić information content (AvgIpc) is 0.783. The number of fused-ring (bicyclic) bond motifs is 3. The van der Waals surface area contributed by atoms with Gasteiger partial charge in [0.05, 0.1) is 39.1 Å². The molecule has 0 aliphatic carbocycles. The van der Waals surface area contributed by atoms with Crippen LogP contribution in [0.5, 0.6) is 74.7 Å². The number of carbonyl (C=O) groups excluding carboxylic acids is 3. The van der Waals surface area contributed by atoms with E-state index in [1.54, 1.807) is 56.3 Å². The highest BCUT2D eigenvalue weighted by Gasteiger charge is 2.39. The van der Waals surface area contributed by atoms with Crippen LogP contribution in [-0.4, -0.2) is 83.1 Å². The molecule has 0 aromatic heterocycles. The summed E-state index contributed by atoms with van der Waals surface area (Å²) in [5.41, 5.74) is 7.84. The molecule has 6 atom stereocenters. The van der Waals surface area contributed by atoms with Crippen LogP contribution in [0.15, 0.2) is 145 Å². The third kappa shape index (κ3) is 17.3. The number of rotatable bonds is 21. The lowest BCUT2D eigenvalue weighted by atomic mass is 9.84. The summed E-state index contributed by atoms with van der Waals surface area (Å²) in [7, 11) is 2.96. The van der Waals surface area contributed by atoms with E-state index in [0.717, 1.165) is 29.6 Å². The van der Waals surface area contributed by atoms with Crippen molar-refractivity contribution < 1.29 is 84.0 Å². The maximum atomic E-state index is 13.3. The Kier molecular flexibility index (Phi) is 23.6. The monoisotopic (exact) mass is 1290 g/mol. The van der Waals surface area contributed by atoms with Gasteiger partial charge in [0, 0.05) is 57.6 Å². The van der Waals surface area contributed by atoms with Gasteiger partial charge in [0.15, 0.2) is 17.3 Å². The highest BCUT2D eigenvalue weighted by atomic mass is 16.5. The lowest BCUT2D eigenvalue weighted by Crippen LogP contribution is -2.23. The number of phenolic OH excluding ortho intramolecular Hbond substituents is 8. The van der Waals surface area contributed by atoms with Gasteiger partial charge in [0.25, 0.3) is 0 Å². The lowest BCUT2D eigenvalue weighted by molar-refractivity contribution is 0.0649. The molecule has 9 N–H and O–H groups in total. The molecule has 3 heterocycles. The number of aromatic hydroxyl groups is 8. The van der Waals surface area contributed by atoms with Gasteiger partial charge in [-0.1, -0.05) is 96.2 Å². The molecule has 500 valence electrons. The van der Waals surface area contributed by atoms with Crippen LogP contribution in [0.3, 0.4) is 0 Å². The van der Waals surface area contributed by atoms with E-state index in [9.17, 15) is 60.3 Å². The van der Waals surface area contributed by atoms with Gasteiger partial charge in [0.1, 0.15) is 110 Å². The van der Waals surface area contributed by atoms with Crippen LogP contribution < -0.4 is 23.7 Å². The SMILES string of the molecule is C=C(C)C(CC=C(C)C)Cc1c(O)cc(O)c2c1OC(c1ccccc1O)CC2=O.C=C(C)C(CC=C(C)C)Cc1c(O)cc(OC)c2c1OC(c1ccc(O)cc1OC)CC2=O.C=C(C)C(CCC(C)(C)O)Cc1c(O)cc(O)c2c1OC(c1ccccc1O)CC2=O. The minimum Gasteiger partial charge on any atom is -0.508 e. The molecule has 0 saturated carbocycles. The van der Waals surface area contributed by atoms with Crippen molar-refractivity contribution in [3.05, 3.63) is 195 Å². The first-order chi connectivity index (χ1) is 44.3. The molecule has 17 nitrogen and oxygen atoms in total. The van der Waals surface area contributed by atoms with Gasteiger partial charge in [-0.25, -0.2) is 0 Å². The van der Waals surface area contributed by atoms with Gasteiger partial charge in [-0.3, -0.25) is 14.4 Å². The minimum atomic E-state index is -0.841. The molecule has 0 saturated heterocycles. The number of allylic oxidation sites excluding steroid dienone is 7. The zero-order valence-electron chi connectivity index (χ0n) is 55.7. The minimum absolute atomic E-state index is 0.00989. The van der Waals surface area contributed by atoms with Crippen LogP contribution in [-0.2, 0) is 19.3 Å². The number of methoxy groups -OCH3 is 2. The topological polar surface area (TPSA) is 279 Å². The molecule has 0 spiro atoms. The Labute approximate surface area is 550 Å². The fourth-order valence-electron chi connectivity index (χ4n) is 11.8. The number of carbonyl (C=O) groups is 3. The molecule has 6 aromatic carbocycles.